The fourth-order valence-electron chi connectivity index (χ4n) is 1.55. The van der Waals surface area contributed by atoms with Gasteiger partial charge in [-0.3, -0.25) is 4.79 Å². The largest absolute Gasteiger partial charge is 0.493 e. The molecular weight excluding hydrogens is 207 g/mol. The summed E-state index contributed by atoms with van der Waals surface area (Å²) in [6.07, 6.45) is 2.80. The van der Waals surface area contributed by atoms with E-state index < -0.39 is 5.82 Å². The molecule has 0 saturated carbocycles. The number of ether oxygens (including phenoxy) is 1. The number of carbonyl (C=O) groups excluding carboxylic acids is 1. The van der Waals surface area contributed by atoms with Gasteiger partial charge in [0, 0.05) is 11.6 Å². The molecular formula is C13H17FO2. The summed E-state index contributed by atoms with van der Waals surface area (Å²) in [4.78, 5) is 10.5. The van der Waals surface area contributed by atoms with E-state index in [9.17, 15) is 9.18 Å². The van der Waals surface area contributed by atoms with E-state index >= 15 is 0 Å². The van der Waals surface area contributed by atoms with Crippen molar-refractivity contribution < 1.29 is 13.9 Å². The molecule has 16 heavy (non-hydrogen) atoms. The highest BCUT2D eigenvalue weighted by Gasteiger charge is 2.04. The lowest BCUT2D eigenvalue weighted by Gasteiger charge is -2.12. The van der Waals surface area contributed by atoms with Crippen molar-refractivity contribution in [2.75, 3.05) is 6.61 Å². The average molecular weight is 224 g/mol. The second kappa shape index (κ2) is 6.26. The Kier molecular flexibility index (Phi) is 4.96. The van der Waals surface area contributed by atoms with Crippen LogP contribution in [0.5, 0.6) is 5.75 Å². The van der Waals surface area contributed by atoms with Crippen molar-refractivity contribution in [3.63, 3.8) is 0 Å². The molecule has 1 atom stereocenters. The van der Waals surface area contributed by atoms with Crippen LogP contribution in [0.15, 0.2) is 18.2 Å². The smallest absolute Gasteiger partial charge is 0.150 e. The van der Waals surface area contributed by atoms with Crippen LogP contribution in [0.3, 0.4) is 0 Å². The Morgan fingerprint density at radius 2 is 2.19 bits per heavy atom. The summed E-state index contributed by atoms with van der Waals surface area (Å²) in [5.41, 5.74) is 0.304. The quantitative estimate of drug-likeness (QED) is 0.692. The molecule has 1 unspecified atom stereocenters. The SMILES string of the molecule is CCCC(C)COc1cc(F)cc(C=O)c1. The molecule has 0 spiro atoms. The number of hydrogen-bond donors (Lipinski definition) is 0. The van der Waals surface area contributed by atoms with Crippen molar-refractivity contribution in [2.45, 2.75) is 26.7 Å². The minimum absolute atomic E-state index is 0.304. The van der Waals surface area contributed by atoms with Crippen molar-refractivity contribution in [1.29, 1.82) is 0 Å². The van der Waals surface area contributed by atoms with Crippen LogP contribution < -0.4 is 4.74 Å². The first-order chi connectivity index (χ1) is 7.65. The van der Waals surface area contributed by atoms with Crippen LogP contribution in [-0.2, 0) is 0 Å². The number of hydrogen-bond acceptors (Lipinski definition) is 2. The predicted octanol–water partition coefficient (Wildman–Crippen LogP) is 3.45. The van der Waals surface area contributed by atoms with Crippen molar-refractivity contribution in [3.05, 3.63) is 29.6 Å². The molecule has 0 heterocycles. The molecule has 1 rings (SSSR count). The zero-order valence-electron chi connectivity index (χ0n) is 9.70. The molecule has 2 nitrogen and oxygen atoms in total. The van der Waals surface area contributed by atoms with Crippen LogP contribution in [-0.4, -0.2) is 12.9 Å². The molecule has 0 aliphatic heterocycles. The van der Waals surface area contributed by atoms with Gasteiger partial charge in [0.2, 0.25) is 0 Å². The molecule has 0 fully saturated rings. The van der Waals surface area contributed by atoms with Crippen molar-refractivity contribution in [3.8, 4) is 5.75 Å². The van der Waals surface area contributed by atoms with Gasteiger partial charge in [0.1, 0.15) is 17.9 Å². The van der Waals surface area contributed by atoms with E-state index in [0.717, 1.165) is 12.8 Å². The lowest BCUT2D eigenvalue weighted by Crippen LogP contribution is -2.08. The molecule has 3 heteroatoms. The molecule has 0 bridgehead atoms. The molecule has 0 aliphatic rings. The van der Waals surface area contributed by atoms with Crippen LogP contribution in [0.4, 0.5) is 4.39 Å². The number of halogens is 1. The third-order valence-electron chi connectivity index (χ3n) is 2.35. The topological polar surface area (TPSA) is 26.3 Å². The molecule has 0 amide bonds. The summed E-state index contributed by atoms with van der Waals surface area (Å²) in [5.74, 6) is 0.417. The third kappa shape index (κ3) is 4.01. The first-order valence-electron chi connectivity index (χ1n) is 5.54. The lowest BCUT2D eigenvalue weighted by molar-refractivity contribution is 0.112. The van der Waals surface area contributed by atoms with Crippen LogP contribution in [0.2, 0.25) is 0 Å². The number of benzene rings is 1. The number of aldehydes is 1. The maximum Gasteiger partial charge on any atom is 0.150 e. The maximum atomic E-state index is 13.0. The van der Waals surface area contributed by atoms with Gasteiger partial charge >= 0.3 is 0 Å². The molecule has 1 aromatic carbocycles. The molecule has 0 radical (unpaired) electrons. The van der Waals surface area contributed by atoms with Crippen molar-refractivity contribution in [2.24, 2.45) is 5.92 Å². The fraction of sp³-hybridized carbons (Fsp3) is 0.462. The Hall–Kier alpha value is -1.38. The van der Waals surface area contributed by atoms with Crippen LogP contribution >= 0.6 is 0 Å². The maximum absolute atomic E-state index is 13.0. The van der Waals surface area contributed by atoms with E-state index in [2.05, 4.69) is 13.8 Å². The van der Waals surface area contributed by atoms with Gasteiger partial charge in [0.25, 0.3) is 0 Å². The van der Waals surface area contributed by atoms with Gasteiger partial charge in [-0.1, -0.05) is 20.3 Å². The normalized spacial score (nSPS) is 12.2. The van der Waals surface area contributed by atoms with Gasteiger partial charge in [-0.25, -0.2) is 4.39 Å². The Morgan fingerprint density at radius 3 is 2.81 bits per heavy atom. The Bertz CT molecular complexity index is 350. The van der Waals surface area contributed by atoms with E-state index in [1.54, 1.807) is 6.07 Å². The summed E-state index contributed by atoms with van der Waals surface area (Å²) >= 11 is 0. The summed E-state index contributed by atoms with van der Waals surface area (Å²) in [6.45, 7) is 4.75. The summed E-state index contributed by atoms with van der Waals surface area (Å²) < 4.78 is 18.5. The van der Waals surface area contributed by atoms with Gasteiger partial charge in [0.15, 0.2) is 0 Å². The lowest BCUT2D eigenvalue weighted by atomic mass is 10.1. The molecule has 88 valence electrons. The minimum Gasteiger partial charge on any atom is -0.493 e. The van der Waals surface area contributed by atoms with Gasteiger partial charge in [0.05, 0.1) is 6.61 Å². The fourth-order valence-corrected chi connectivity index (χ4v) is 1.55. The second-order valence-corrected chi connectivity index (χ2v) is 4.04. The summed E-state index contributed by atoms with van der Waals surface area (Å²) in [7, 11) is 0. The highest BCUT2D eigenvalue weighted by atomic mass is 19.1. The molecule has 1 aromatic rings. The average Bonchev–Trinajstić information content (AvgIpc) is 2.26. The van der Waals surface area contributed by atoms with E-state index in [4.69, 9.17) is 4.74 Å². The van der Waals surface area contributed by atoms with Gasteiger partial charge in [-0.05, 0) is 24.5 Å². The zero-order valence-corrected chi connectivity index (χ0v) is 9.70. The van der Waals surface area contributed by atoms with Crippen LogP contribution in [0, 0.1) is 11.7 Å². The van der Waals surface area contributed by atoms with Gasteiger partial charge in [-0.15, -0.1) is 0 Å². The molecule has 0 aromatic heterocycles. The molecule has 0 aliphatic carbocycles. The van der Waals surface area contributed by atoms with E-state index in [0.29, 0.717) is 30.1 Å². The van der Waals surface area contributed by atoms with E-state index in [-0.39, 0.29) is 0 Å². The molecule has 0 saturated heterocycles. The van der Waals surface area contributed by atoms with Gasteiger partial charge < -0.3 is 4.74 Å². The second-order valence-electron chi connectivity index (χ2n) is 4.04. The third-order valence-corrected chi connectivity index (χ3v) is 2.35. The highest BCUT2D eigenvalue weighted by molar-refractivity contribution is 5.75. The minimum atomic E-state index is -0.442. The Morgan fingerprint density at radius 1 is 1.44 bits per heavy atom. The van der Waals surface area contributed by atoms with Crippen LogP contribution in [0.25, 0.3) is 0 Å². The van der Waals surface area contributed by atoms with E-state index in [1.807, 2.05) is 0 Å². The summed E-state index contributed by atoms with van der Waals surface area (Å²) in [5, 5.41) is 0. The zero-order chi connectivity index (χ0) is 12.0. The molecule has 0 N–H and O–H groups in total. The Labute approximate surface area is 95.4 Å². The van der Waals surface area contributed by atoms with Gasteiger partial charge in [-0.2, -0.15) is 0 Å². The highest BCUT2D eigenvalue weighted by Crippen LogP contribution is 2.17. The van der Waals surface area contributed by atoms with Crippen molar-refractivity contribution in [1.82, 2.24) is 0 Å². The van der Waals surface area contributed by atoms with Crippen LogP contribution in [0.1, 0.15) is 37.0 Å². The number of carbonyl (C=O) groups is 1. The standard InChI is InChI=1S/C13H17FO2/c1-3-4-10(2)9-16-13-6-11(8-15)5-12(14)7-13/h5-8,10H,3-4,9H2,1-2H3. The van der Waals surface area contributed by atoms with E-state index in [1.165, 1.54) is 12.1 Å². The predicted molar refractivity (Wildman–Crippen MR) is 61.4 cm³/mol. The Balaban J connectivity index is 2.59. The monoisotopic (exact) mass is 224 g/mol. The number of rotatable bonds is 6. The first-order valence-corrected chi connectivity index (χ1v) is 5.54. The van der Waals surface area contributed by atoms with Crippen molar-refractivity contribution >= 4 is 6.29 Å². The summed E-state index contributed by atoms with van der Waals surface area (Å²) in [6, 6.07) is 4.04. The first kappa shape index (κ1) is 12.7.